The molecule has 1 atom stereocenters. The van der Waals surface area contributed by atoms with Crippen molar-refractivity contribution in [1.29, 1.82) is 0 Å². The maximum atomic E-state index is 13.0. The van der Waals surface area contributed by atoms with Gasteiger partial charge < -0.3 is 10.2 Å². The molecule has 1 saturated heterocycles. The van der Waals surface area contributed by atoms with Gasteiger partial charge in [0.1, 0.15) is 0 Å². The number of aryl methyl sites for hydroxylation is 2. The molecule has 2 aromatic carbocycles. The Kier molecular flexibility index (Phi) is 5.52. The Morgan fingerprint density at radius 3 is 2.50 bits per heavy atom. The maximum absolute atomic E-state index is 13.0. The first-order valence-corrected chi connectivity index (χ1v) is 9.16. The molecular formula is C22H26N2O2. The standard InChI is InChI=1S/C22H26N2O2/c1-15-8-9-18(12-16(15)2)21(25)19-6-4-5-7-20(19)22(26)24-11-10-17(14-24)13-23-3/h4-9,12,17,23H,10-11,13-14H2,1-3H3/t17-/m0/s1. The van der Waals surface area contributed by atoms with Crippen LogP contribution in [-0.2, 0) is 0 Å². The van der Waals surface area contributed by atoms with Gasteiger partial charge in [-0.1, -0.05) is 30.3 Å². The number of rotatable bonds is 5. The predicted molar refractivity (Wildman–Crippen MR) is 104 cm³/mol. The van der Waals surface area contributed by atoms with E-state index in [0.29, 0.717) is 22.6 Å². The third-order valence-corrected chi connectivity index (χ3v) is 5.24. The van der Waals surface area contributed by atoms with Crippen LogP contribution in [0.25, 0.3) is 0 Å². The van der Waals surface area contributed by atoms with Gasteiger partial charge in [-0.05, 0) is 63.0 Å². The molecule has 3 rings (SSSR count). The lowest BCUT2D eigenvalue weighted by atomic mass is 9.95. The smallest absolute Gasteiger partial charge is 0.254 e. The average molecular weight is 350 g/mol. The van der Waals surface area contributed by atoms with E-state index >= 15 is 0 Å². The molecule has 1 N–H and O–H groups in total. The molecular weight excluding hydrogens is 324 g/mol. The molecule has 1 fully saturated rings. The molecule has 4 heteroatoms. The summed E-state index contributed by atoms with van der Waals surface area (Å²) in [5.74, 6) is 0.339. The molecule has 0 spiro atoms. The summed E-state index contributed by atoms with van der Waals surface area (Å²) in [6.07, 6.45) is 1.000. The molecule has 0 aromatic heterocycles. The van der Waals surface area contributed by atoms with Crippen LogP contribution in [0.1, 0.15) is 43.8 Å². The number of nitrogens with one attached hydrogen (secondary N) is 1. The molecule has 1 aliphatic rings. The molecule has 0 aliphatic carbocycles. The Bertz CT molecular complexity index is 829. The van der Waals surface area contributed by atoms with Crippen LogP contribution in [0.3, 0.4) is 0 Å². The third kappa shape index (κ3) is 3.70. The van der Waals surface area contributed by atoms with Crippen molar-refractivity contribution in [3.8, 4) is 0 Å². The zero-order valence-electron chi connectivity index (χ0n) is 15.7. The Hall–Kier alpha value is -2.46. The molecule has 0 radical (unpaired) electrons. The van der Waals surface area contributed by atoms with Gasteiger partial charge in [0, 0.05) is 24.2 Å². The van der Waals surface area contributed by atoms with E-state index in [9.17, 15) is 9.59 Å². The van der Waals surface area contributed by atoms with Crippen molar-refractivity contribution in [2.75, 3.05) is 26.7 Å². The largest absolute Gasteiger partial charge is 0.338 e. The lowest BCUT2D eigenvalue weighted by Gasteiger charge is -2.18. The van der Waals surface area contributed by atoms with Gasteiger partial charge in [-0.15, -0.1) is 0 Å². The number of nitrogens with zero attached hydrogens (tertiary/aromatic N) is 1. The lowest BCUT2D eigenvalue weighted by Crippen LogP contribution is -2.31. The van der Waals surface area contributed by atoms with E-state index in [4.69, 9.17) is 0 Å². The number of benzene rings is 2. The summed E-state index contributed by atoms with van der Waals surface area (Å²) in [5.41, 5.74) is 3.84. The highest BCUT2D eigenvalue weighted by Gasteiger charge is 2.28. The van der Waals surface area contributed by atoms with Gasteiger partial charge in [0.2, 0.25) is 0 Å². The van der Waals surface area contributed by atoms with E-state index in [1.54, 1.807) is 12.1 Å². The highest BCUT2D eigenvalue weighted by Crippen LogP contribution is 2.22. The summed E-state index contributed by atoms with van der Waals surface area (Å²) < 4.78 is 0. The SMILES string of the molecule is CNC[C@@H]1CCN(C(=O)c2ccccc2C(=O)c2ccc(C)c(C)c2)C1. The van der Waals surface area contributed by atoms with Crippen molar-refractivity contribution in [2.24, 2.45) is 5.92 Å². The summed E-state index contributed by atoms with van der Waals surface area (Å²) in [6, 6.07) is 12.9. The van der Waals surface area contributed by atoms with Crippen molar-refractivity contribution in [3.63, 3.8) is 0 Å². The van der Waals surface area contributed by atoms with Crippen molar-refractivity contribution < 1.29 is 9.59 Å². The Morgan fingerprint density at radius 2 is 1.81 bits per heavy atom. The maximum Gasteiger partial charge on any atom is 0.254 e. The molecule has 2 aromatic rings. The van der Waals surface area contributed by atoms with E-state index in [1.807, 2.05) is 56.1 Å². The van der Waals surface area contributed by atoms with Gasteiger partial charge in [0.15, 0.2) is 5.78 Å². The van der Waals surface area contributed by atoms with Crippen LogP contribution in [0.2, 0.25) is 0 Å². The van der Waals surface area contributed by atoms with Crippen LogP contribution in [-0.4, -0.2) is 43.3 Å². The fourth-order valence-electron chi connectivity index (χ4n) is 3.55. The topological polar surface area (TPSA) is 49.4 Å². The molecule has 4 nitrogen and oxygen atoms in total. The van der Waals surface area contributed by atoms with Gasteiger partial charge in [0.25, 0.3) is 5.91 Å². The predicted octanol–water partition coefficient (Wildman–Crippen LogP) is 3.22. The van der Waals surface area contributed by atoms with E-state index in [1.165, 1.54) is 0 Å². The molecule has 136 valence electrons. The molecule has 1 heterocycles. The van der Waals surface area contributed by atoms with Gasteiger partial charge >= 0.3 is 0 Å². The second kappa shape index (κ2) is 7.83. The minimum Gasteiger partial charge on any atom is -0.338 e. The third-order valence-electron chi connectivity index (χ3n) is 5.24. The minimum atomic E-state index is -0.0944. The van der Waals surface area contributed by atoms with Crippen LogP contribution < -0.4 is 5.32 Å². The van der Waals surface area contributed by atoms with Crippen LogP contribution in [0, 0.1) is 19.8 Å². The van der Waals surface area contributed by atoms with Gasteiger partial charge in [-0.25, -0.2) is 0 Å². The fourth-order valence-corrected chi connectivity index (χ4v) is 3.55. The molecule has 0 unspecified atom stereocenters. The van der Waals surface area contributed by atoms with Gasteiger partial charge in [-0.3, -0.25) is 9.59 Å². The number of carbonyl (C=O) groups is 2. The summed E-state index contributed by atoms with van der Waals surface area (Å²) in [4.78, 5) is 27.9. The molecule has 0 saturated carbocycles. The van der Waals surface area contributed by atoms with Crippen molar-refractivity contribution in [1.82, 2.24) is 10.2 Å². The Balaban J connectivity index is 1.87. The van der Waals surface area contributed by atoms with Gasteiger partial charge in [-0.2, -0.15) is 0 Å². The first kappa shape index (κ1) is 18.3. The first-order valence-electron chi connectivity index (χ1n) is 9.16. The normalized spacial score (nSPS) is 16.7. The number of hydrogen-bond donors (Lipinski definition) is 1. The zero-order chi connectivity index (χ0) is 18.7. The minimum absolute atomic E-state index is 0.0450. The second-order valence-corrected chi connectivity index (χ2v) is 7.14. The number of ketones is 1. The second-order valence-electron chi connectivity index (χ2n) is 7.14. The highest BCUT2D eigenvalue weighted by atomic mass is 16.2. The number of amides is 1. The fraction of sp³-hybridized carbons (Fsp3) is 0.364. The number of carbonyl (C=O) groups excluding carboxylic acids is 2. The average Bonchev–Trinajstić information content (AvgIpc) is 3.12. The molecule has 0 bridgehead atoms. The van der Waals surface area contributed by atoms with Crippen LogP contribution in [0.4, 0.5) is 0 Å². The highest BCUT2D eigenvalue weighted by molar-refractivity contribution is 6.15. The van der Waals surface area contributed by atoms with E-state index in [2.05, 4.69) is 5.32 Å². The number of likely N-dealkylation sites (tertiary alicyclic amines) is 1. The Labute approximate surface area is 155 Å². The van der Waals surface area contributed by atoms with Crippen LogP contribution in [0.15, 0.2) is 42.5 Å². The molecule has 1 amide bonds. The van der Waals surface area contributed by atoms with Crippen molar-refractivity contribution >= 4 is 11.7 Å². The van der Waals surface area contributed by atoms with E-state index in [-0.39, 0.29) is 11.7 Å². The Morgan fingerprint density at radius 1 is 1.08 bits per heavy atom. The monoisotopic (exact) mass is 350 g/mol. The first-order chi connectivity index (χ1) is 12.5. The summed E-state index contributed by atoms with van der Waals surface area (Å²) in [6.45, 7) is 6.42. The molecule has 1 aliphatic heterocycles. The summed E-state index contributed by atoms with van der Waals surface area (Å²) in [7, 11) is 1.93. The summed E-state index contributed by atoms with van der Waals surface area (Å²) in [5, 5.41) is 3.18. The lowest BCUT2D eigenvalue weighted by molar-refractivity contribution is 0.0782. The summed E-state index contributed by atoms with van der Waals surface area (Å²) >= 11 is 0. The van der Waals surface area contributed by atoms with E-state index < -0.39 is 0 Å². The number of hydrogen-bond acceptors (Lipinski definition) is 3. The quantitative estimate of drug-likeness (QED) is 0.843. The van der Waals surface area contributed by atoms with Crippen LogP contribution in [0.5, 0.6) is 0 Å². The van der Waals surface area contributed by atoms with E-state index in [0.717, 1.165) is 37.2 Å². The zero-order valence-corrected chi connectivity index (χ0v) is 15.7. The van der Waals surface area contributed by atoms with Crippen LogP contribution >= 0.6 is 0 Å². The van der Waals surface area contributed by atoms with Crippen molar-refractivity contribution in [3.05, 3.63) is 70.3 Å². The van der Waals surface area contributed by atoms with Gasteiger partial charge in [0.05, 0.1) is 5.56 Å². The molecule has 26 heavy (non-hydrogen) atoms. The van der Waals surface area contributed by atoms with Crippen molar-refractivity contribution in [2.45, 2.75) is 20.3 Å².